The molecule has 0 unspecified atom stereocenters. The predicted octanol–water partition coefficient (Wildman–Crippen LogP) is 4.62. The number of halogens is 2. The SMILES string of the molecule is COc1ccccc1NS(=O)(=O)c1cc([N+](=O)[O-])ccc1NCc1cccc(OC(F)F)c1. The zero-order chi connectivity index (χ0) is 24.0. The number of anilines is 2. The molecule has 0 aliphatic heterocycles. The summed E-state index contributed by atoms with van der Waals surface area (Å²) in [6.45, 7) is -2.95. The second-order valence-electron chi connectivity index (χ2n) is 6.62. The maximum absolute atomic E-state index is 13.1. The van der Waals surface area contributed by atoms with E-state index in [9.17, 15) is 27.3 Å². The van der Waals surface area contributed by atoms with Gasteiger partial charge in [0.25, 0.3) is 15.7 Å². The Labute approximate surface area is 188 Å². The average Bonchev–Trinajstić information content (AvgIpc) is 2.77. The van der Waals surface area contributed by atoms with Crippen molar-refractivity contribution >= 4 is 27.1 Å². The van der Waals surface area contributed by atoms with E-state index in [0.717, 1.165) is 12.1 Å². The van der Waals surface area contributed by atoms with Crippen LogP contribution in [0.5, 0.6) is 11.5 Å². The molecule has 0 aliphatic carbocycles. The largest absolute Gasteiger partial charge is 0.495 e. The summed E-state index contributed by atoms with van der Waals surface area (Å²) >= 11 is 0. The summed E-state index contributed by atoms with van der Waals surface area (Å²) in [5.41, 5.74) is 0.318. The molecule has 12 heteroatoms. The van der Waals surface area contributed by atoms with Crippen LogP contribution in [0.15, 0.2) is 71.6 Å². The van der Waals surface area contributed by atoms with Crippen LogP contribution in [-0.2, 0) is 16.6 Å². The van der Waals surface area contributed by atoms with Gasteiger partial charge in [-0.05, 0) is 35.9 Å². The molecule has 0 saturated carbocycles. The van der Waals surface area contributed by atoms with Gasteiger partial charge in [-0.2, -0.15) is 8.78 Å². The Bertz CT molecular complexity index is 1250. The number of nitro groups is 1. The summed E-state index contributed by atoms with van der Waals surface area (Å²) in [6, 6.07) is 15.5. The van der Waals surface area contributed by atoms with Crippen LogP contribution in [0.1, 0.15) is 5.56 Å². The number of sulfonamides is 1. The first-order chi connectivity index (χ1) is 15.7. The van der Waals surface area contributed by atoms with Gasteiger partial charge in [0.1, 0.15) is 16.4 Å². The van der Waals surface area contributed by atoms with E-state index in [1.165, 1.54) is 37.4 Å². The summed E-state index contributed by atoms with van der Waals surface area (Å²) in [5, 5.41) is 14.1. The number of nitrogens with zero attached hydrogens (tertiary/aromatic N) is 1. The highest BCUT2D eigenvalue weighted by atomic mass is 32.2. The van der Waals surface area contributed by atoms with Crippen LogP contribution in [0.3, 0.4) is 0 Å². The molecule has 0 amide bonds. The number of ether oxygens (including phenoxy) is 2. The van der Waals surface area contributed by atoms with Crippen molar-refractivity contribution < 1.29 is 31.6 Å². The number of para-hydroxylation sites is 2. The first-order valence-electron chi connectivity index (χ1n) is 9.41. The highest BCUT2D eigenvalue weighted by Crippen LogP contribution is 2.31. The van der Waals surface area contributed by atoms with Gasteiger partial charge >= 0.3 is 6.61 Å². The topological polar surface area (TPSA) is 120 Å². The van der Waals surface area contributed by atoms with Crippen molar-refractivity contribution in [3.05, 3.63) is 82.4 Å². The van der Waals surface area contributed by atoms with Crippen molar-refractivity contribution in [1.29, 1.82) is 0 Å². The van der Waals surface area contributed by atoms with Crippen LogP contribution in [0.4, 0.5) is 25.8 Å². The third-order valence-corrected chi connectivity index (χ3v) is 5.83. The third-order valence-electron chi connectivity index (χ3n) is 4.42. The molecule has 174 valence electrons. The standard InChI is InChI=1S/C21H19F2N3O6S/c1-31-19-8-3-2-7-17(19)25-33(29,30)20-12-15(26(27)28)9-10-18(20)24-13-14-5-4-6-16(11-14)32-21(22)23/h2-12,21,24-25H,13H2,1H3. The first kappa shape index (κ1) is 23.7. The third kappa shape index (κ3) is 6.07. The highest BCUT2D eigenvalue weighted by molar-refractivity contribution is 7.93. The number of rotatable bonds is 10. The molecule has 0 spiro atoms. The average molecular weight is 479 g/mol. The van der Waals surface area contributed by atoms with Crippen molar-refractivity contribution in [2.24, 2.45) is 0 Å². The van der Waals surface area contributed by atoms with E-state index >= 15 is 0 Å². The molecule has 2 N–H and O–H groups in total. The molecule has 0 heterocycles. The Balaban J connectivity index is 1.92. The van der Waals surface area contributed by atoms with Crippen molar-refractivity contribution in [2.45, 2.75) is 18.1 Å². The minimum absolute atomic E-state index is 0.0371. The predicted molar refractivity (Wildman–Crippen MR) is 117 cm³/mol. The normalized spacial score (nSPS) is 11.2. The molecular formula is C21H19F2N3O6S. The van der Waals surface area contributed by atoms with Gasteiger partial charge in [0, 0.05) is 18.7 Å². The zero-order valence-electron chi connectivity index (χ0n) is 17.2. The molecule has 0 aromatic heterocycles. The lowest BCUT2D eigenvalue weighted by atomic mass is 10.2. The van der Waals surface area contributed by atoms with E-state index in [4.69, 9.17) is 4.74 Å². The molecule has 3 rings (SSSR count). The Morgan fingerprint density at radius 1 is 1.03 bits per heavy atom. The Kier molecular flexibility index (Phi) is 7.28. The van der Waals surface area contributed by atoms with Crippen LogP contribution in [0.25, 0.3) is 0 Å². The lowest BCUT2D eigenvalue weighted by molar-refractivity contribution is -0.385. The van der Waals surface area contributed by atoms with Crippen LogP contribution in [0.2, 0.25) is 0 Å². The molecule has 3 aromatic carbocycles. The van der Waals surface area contributed by atoms with E-state index in [1.54, 1.807) is 24.3 Å². The zero-order valence-corrected chi connectivity index (χ0v) is 18.0. The summed E-state index contributed by atoms with van der Waals surface area (Å²) < 4.78 is 63.0. The van der Waals surface area contributed by atoms with E-state index in [0.29, 0.717) is 5.56 Å². The smallest absolute Gasteiger partial charge is 0.387 e. The van der Waals surface area contributed by atoms with E-state index in [1.807, 2.05) is 0 Å². The van der Waals surface area contributed by atoms with Gasteiger partial charge in [0.15, 0.2) is 0 Å². The number of nitro benzene ring substituents is 1. The summed E-state index contributed by atoms with van der Waals surface area (Å²) in [5.74, 6) is 0.204. The fraction of sp³-hybridized carbons (Fsp3) is 0.143. The molecular weight excluding hydrogens is 460 g/mol. The number of alkyl halides is 2. The Morgan fingerprint density at radius 2 is 1.79 bits per heavy atom. The number of hydrogen-bond acceptors (Lipinski definition) is 7. The quantitative estimate of drug-likeness (QED) is 0.322. The molecule has 0 fully saturated rings. The van der Waals surface area contributed by atoms with Crippen molar-refractivity contribution in [3.63, 3.8) is 0 Å². The van der Waals surface area contributed by atoms with E-state index in [-0.39, 0.29) is 34.3 Å². The van der Waals surface area contributed by atoms with Crippen molar-refractivity contribution in [3.8, 4) is 11.5 Å². The molecule has 0 radical (unpaired) electrons. The molecule has 9 nitrogen and oxygen atoms in total. The summed E-state index contributed by atoms with van der Waals surface area (Å²) in [4.78, 5) is 10.1. The van der Waals surface area contributed by atoms with E-state index in [2.05, 4.69) is 14.8 Å². The maximum Gasteiger partial charge on any atom is 0.387 e. The lowest BCUT2D eigenvalue weighted by Crippen LogP contribution is -2.16. The van der Waals surface area contributed by atoms with E-state index < -0.39 is 27.2 Å². The molecule has 33 heavy (non-hydrogen) atoms. The van der Waals surface area contributed by atoms with Gasteiger partial charge < -0.3 is 14.8 Å². The molecule has 0 bridgehead atoms. The minimum Gasteiger partial charge on any atom is -0.495 e. The van der Waals surface area contributed by atoms with Crippen LogP contribution >= 0.6 is 0 Å². The number of nitrogens with one attached hydrogen (secondary N) is 2. The molecule has 0 atom stereocenters. The molecule has 0 saturated heterocycles. The summed E-state index contributed by atoms with van der Waals surface area (Å²) in [7, 11) is -2.91. The van der Waals surface area contributed by atoms with Crippen LogP contribution in [0, 0.1) is 10.1 Å². The van der Waals surface area contributed by atoms with Crippen molar-refractivity contribution in [1.82, 2.24) is 0 Å². The fourth-order valence-electron chi connectivity index (χ4n) is 2.95. The van der Waals surface area contributed by atoms with Gasteiger partial charge in [-0.15, -0.1) is 0 Å². The molecule has 3 aromatic rings. The van der Waals surface area contributed by atoms with Crippen molar-refractivity contribution in [2.75, 3.05) is 17.1 Å². The number of benzene rings is 3. The number of non-ortho nitro benzene ring substituents is 1. The minimum atomic E-state index is -4.28. The van der Waals surface area contributed by atoms with Crippen LogP contribution < -0.4 is 19.5 Å². The van der Waals surface area contributed by atoms with Gasteiger partial charge in [-0.3, -0.25) is 14.8 Å². The number of hydrogen-bond donors (Lipinski definition) is 2. The lowest BCUT2D eigenvalue weighted by Gasteiger charge is -2.15. The summed E-state index contributed by atoms with van der Waals surface area (Å²) in [6.07, 6.45) is 0. The van der Waals surface area contributed by atoms with Gasteiger partial charge in [-0.1, -0.05) is 24.3 Å². The molecule has 0 aliphatic rings. The van der Waals surface area contributed by atoms with Gasteiger partial charge in [0.05, 0.1) is 23.4 Å². The van der Waals surface area contributed by atoms with Gasteiger partial charge in [-0.25, -0.2) is 8.42 Å². The Hall–Kier alpha value is -3.93. The maximum atomic E-state index is 13.1. The highest BCUT2D eigenvalue weighted by Gasteiger charge is 2.23. The monoisotopic (exact) mass is 479 g/mol. The second kappa shape index (κ2) is 10.1. The first-order valence-corrected chi connectivity index (χ1v) is 10.9. The number of methoxy groups -OCH3 is 1. The fourth-order valence-corrected chi connectivity index (χ4v) is 4.22. The second-order valence-corrected chi connectivity index (χ2v) is 8.27. The van der Waals surface area contributed by atoms with Gasteiger partial charge in [0.2, 0.25) is 0 Å². The Morgan fingerprint density at radius 3 is 2.48 bits per heavy atom. The van der Waals surface area contributed by atoms with Crippen LogP contribution in [-0.4, -0.2) is 27.1 Å².